The van der Waals surface area contributed by atoms with Crippen LogP contribution in [0, 0.1) is 34.5 Å². The van der Waals surface area contributed by atoms with Gasteiger partial charge >= 0.3 is 5.97 Å². The Morgan fingerprint density at radius 3 is 2.56 bits per heavy atom. The lowest BCUT2D eigenvalue weighted by atomic mass is 9.43. The molecule has 4 heteroatoms. The summed E-state index contributed by atoms with van der Waals surface area (Å²) in [6.07, 6.45) is 8.84. The van der Waals surface area contributed by atoms with E-state index in [4.69, 9.17) is 4.74 Å². The maximum absolute atomic E-state index is 12.4. The van der Waals surface area contributed by atoms with Crippen LogP contribution in [0.5, 0.6) is 0 Å². The summed E-state index contributed by atoms with van der Waals surface area (Å²) in [6, 6.07) is 0. The number of esters is 1. The zero-order chi connectivity index (χ0) is 17.6. The van der Waals surface area contributed by atoms with Crippen LogP contribution in [0.2, 0.25) is 0 Å². The highest BCUT2D eigenvalue weighted by molar-refractivity contribution is 6.35. The molecule has 0 spiro atoms. The molecule has 5 fully saturated rings. The number of fused-ring (bicyclic) bond motifs is 3. The fourth-order valence-electron chi connectivity index (χ4n) is 8.19. The molecule has 0 amide bonds. The third-order valence-corrected chi connectivity index (χ3v) is 9.57. The molecule has 1 saturated heterocycles. The molecule has 0 aromatic carbocycles. The van der Waals surface area contributed by atoms with E-state index in [1.165, 1.54) is 0 Å². The zero-order valence-corrected chi connectivity index (χ0v) is 15.4. The number of hydrogen-bond acceptors (Lipinski definition) is 4. The molecular formula is C21H30O4. The van der Waals surface area contributed by atoms with Crippen molar-refractivity contribution in [1.29, 1.82) is 0 Å². The zero-order valence-electron chi connectivity index (χ0n) is 15.4. The molecule has 1 heterocycles. The largest absolute Gasteiger partial charge is 0.452 e. The summed E-state index contributed by atoms with van der Waals surface area (Å²) in [4.78, 5) is 24.7. The molecule has 138 valence electrons. The Balaban J connectivity index is 1.56. The van der Waals surface area contributed by atoms with Crippen molar-refractivity contribution in [2.75, 3.05) is 0 Å². The Morgan fingerprint density at radius 1 is 0.960 bits per heavy atom. The highest BCUT2D eigenvalue weighted by Crippen LogP contribution is 2.71. The van der Waals surface area contributed by atoms with Crippen molar-refractivity contribution < 1.29 is 19.4 Å². The molecule has 5 rings (SSSR count). The molecule has 5 aliphatic rings. The average Bonchev–Trinajstić information content (AvgIpc) is 2.79. The van der Waals surface area contributed by atoms with E-state index in [-0.39, 0.29) is 28.6 Å². The summed E-state index contributed by atoms with van der Waals surface area (Å²) in [5.41, 5.74) is -0.309. The van der Waals surface area contributed by atoms with Crippen LogP contribution in [-0.2, 0) is 14.3 Å². The van der Waals surface area contributed by atoms with Crippen LogP contribution in [0.25, 0.3) is 0 Å². The van der Waals surface area contributed by atoms with Gasteiger partial charge in [0.25, 0.3) is 0 Å². The van der Waals surface area contributed by atoms with Gasteiger partial charge in [-0.1, -0.05) is 13.8 Å². The molecule has 4 aliphatic carbocycles. The SMILES string of the molecule is C[C@]12CC[C@H](O)CC1CCC1C2CC[C@]2(C)[C@@H]3CC[C@]12OC(=O)C3=O. The second kappa shape index (κ2) is 4.88. The lowest BCUT2D eigenvalue weighted by molar-refractivity contribution is -0.240. The van der Waals surface area contributed by atoms with E-state index in [2.05, 4.69) is 13.8 Å². The van der Waals surface area contributed by atoms with E-state index in [0.29, 0.717) is 17.8 Å². The first kappa shape index (κ1) is 16.3. The molecule has 25 heavy (non-hydrogen) atoms. The number of ketones is 1. The normalized spacial score (nSPS) is 57.3. The van der Waals surface area contributed by atoms with Gasteiger partial charge in [0.05, 0.1) is 6.10 Å². The number of aliphatic hydroxyl groups excluding tert-OH is 1. The van der Waals surface area contributed by atoms with Crippen LogP contribution < -0.4 is 0 Å². The minimum atomic E-state index is -0.563. The molecule has 0 radical (unpaired) electrons. The minimum Gasteiger partial charge on any atom is -0.452 e. The summed E-state index contributed by atoms with van der Waals surface area (Å²) in [7, 11) is 0. The summed E-state index contributed by atoms with van der Waals surface area (Å²) >= 11 is 0. The maximum Gasteiger partial charge on any atom is 0.375 e. The minimum absolute atomic E-state index is 0.117. The number of rotatable bonds is 0. The van der Waals surface area contributed by atoms with E-state index in [1.54, 1.807) is 0 Å². The quantitative estimate of drug-likeness (QED) is 0.540. The molecule has 4 saturated carbocycles. The highest BCUT2D eigenvalue weighted by Gasteiger charge is 2.73. The van der Waals surface area contributed by atoms with Crippen molar-refractivity contribution in [1.82, 2.24) is 0 Å². The van der Waals surface area contributed by atoms with Crippen LogP contribution >= 0.6 is 0 Å². The lowest BCUT2D eigenvalue weighted by Crippen LogP contribution is -2.67. The summed E-state index contributed by atoms with van der Waals surface area (Å²) in [5.74, 6) is 0.600. The van der Waals surface area contributed by atoms with E-state index in [0.717, 1.165) is 57.8 Å². The number of carbonyl (C=O) groups excluding carboxylic acids is 2. The van der Waals surface area contributed by atoms with Gasteiger partial charge in [0.2, 0.25) is 5.78 Å². The smallest absolute Gasteiger partial charge is 0.375 e. The van der Waals surface area contributed by atoms with Crippen molar-refractivity contribution in [2.45, 2.75) is 83.3 Å². The van der Waals surface area contributed by atoms with Gasteiger partial charge in [0.1, 0.15) is 5.60 Å². The van der Waals surface area contributed by atoms with Gasteiger partial charge in [-0.05, 0) is 75.0 Å². The topological polar surface area (TPSA) is 63.6 Å². The number of carbonyl (C=O) groups is 2. The van der Waals surface area contributed by atoms with Gasteiger partial charge < -0.3 is 9.84 Å². The molecular weight excluding hydrogens is 316 g/mol. The van der Waals surface area contributed by atoms with Crippen molar-refractivity contribution in [3.05, 3.63) is 0 Å². The predicted molar refractivity (Wildman–Crippen MR) is 91.6 cm³/mol. The van der Waals surface area contributed by atoms with Crippen LogP contribution in [0.3, 0.4) is 0 Å². The van der Waals surface area contributed by atoms with Crippen LogP contribution in [0.4, 0.5) is 0 Å². The molecule has 2 bridgehead atoms. The van der Waals surface area contributed by atoms with Gasteiger partial charge in [-0.15, -0.1) is 0 Å². The van der Waals surface area contributed by atoms with Gasteiger partial charge in [0.15, 0.2) is 0 Å². The number of aliphatic hydroxyl groups is 1. The van der Waals surface area contributed by atoms with Gasteiger partial charge in [0, 0.05) is 17.3 Å². The Kier molecular flexibility index (Phi) is 3.18. The first-order valence-corrected chi connectivity index (χ1v) is 10.3. The van der Waals surface area contributed by atoms with E-state index in [9.17, 15) is 14.7 Å². The van der Waals surface area contributed by atoms with E-state index in [1.807, 2.05) is 0 Å². The van der Waals surface area contributed by atoms with Crippen molar-refractivity contribution >= 4 is 11.8 Å². The number of hydrogen-bond donors (Lipinski definition) is 1. The van der Waals surface area contributed by atoms with Crippen LogP contribution in [0.15, 0.2) is 0 Å². The van der Waals surface area contributed by atoms with Gasteiger partial charge in [-0.3, -0.25) is 4.79 Å². The Bertz CT molecular complexity index is 644. The molecule has 1 N–H and O–H groups in total. The van der Waals surface area contributed by atoms with Gasteiger partial charge in [-0.2, -0.15) is 0 Å². The van der Waals surface area contributed by atoms with Crippen molar-refractivity contribution in [2.24, 2.45) is 34.5 Å². The summed E-state index contributed by atoms with van der Waals surface area (Å²) < 4.78 is 6.06. The Morgan fingerprint density at radius 2 is 1.76 bits per heavy atom. The Hall–Kier alpha value is -0.900. The summed E-state index contributed by atoms with van der Waals surface area (Å²) in [5, 5.41) is 10.1. The van der Waals surface area contributed by atoms with E-state index < -0.39 is 11.6 Å². The fraction of sp³-hybridized carbons (Fsp3) is 0.905. The van der Waals surface area contributed by atoms with E-state index >= 15 is 0 Å². The maximum atomic E-state index is 12.4. The molecule has 3 unspecified atom stereocenters. The highest BCUT2D eigenvalue weighted by atomic mass is 16.6. The second-order valence-electron chi connectivity index (χ2n) is 10.1. The first-order chi connectivity index (χ1) is 11.8. The average molecular weight is 346 g/mol. The fourth-order valence-corrected chi connectivity index (χ4v) is 8.19. The molecule has 0 aromatic heterocycles. The predicted octanol–water partition coefficient (Wildman–Crippen LogP) is 3.25. The third kappa shape index (κ3) is 1.78. The summed E-state index contributed by atoms with van der Waals surface area (Å²) in [6.45, 7) is 4.66. The van der Waals surface area contributed by atoms with Gasteiger partial charge in [-0.25, -0.2) is 4.79 Å². The number of Topliss-reactive ketones (excluding diaryl/α,β-unsaturated/α-hetero) is 1. The second-order valence-corrected chi connectivity index (χ2v) is 10.1. The lowest BCUT2D eigenvalue weighted by Gasteiger charge is -2.65. The monoisotopic (exact) mass is 346 g/mol. The molecule has 4 nitrogen and oxygen atoms in total. The van der Waals surface area contributed by atoms with Crippen molar-refractivity contribution in [3.8, 4) is 0 Å². The van der Waals surface area contributed by atoms with Crippen molar-refractivity contribution in [3.63, 3.8) is 0 Å². The first-order valence-electron chi connectivity index (χ1n) is 10.3. The Labute approximate surface area is 149 Å². The molecule has 8 atom stereocenters. The van der Waals surface area contributed by atoms with Crippen LogP contribution in [0.1, 0.15) is 71.6 Å². The molecule has 1 aliphatic heterocycles. The standard InChI is InChI=1S/C21H30O4/c1-19-8-5-13(22)11-12(19)3-4-15-14(19)6-9-20(2)16-7-10-21(15,20)25-18(24)17(16)23/h12-16,22H,3-11H2,1-2H3/t12?,13-,14?,15?,16+,19-,20+,21-/m0/s1. The molecule has 0 aromatic rings. The number of ether oxygens (including phenoxy) is 1. The van der Waals surface area contributed by atoms with Crippen LogP contribution in [-0.4, -0.2) is 28.6 Å². The third-order valence-electron chi connectivity index (χ3n) is 9.57.